The zero-order valence-corrected chi connectivity index (χ0v) is 24.8. The van der Waals surface area contributed by atoms with Gasteiger partial charge in [0.2, 0.25) is 0 Å². The molecule has 0 amide bonds. The van der Waals surface area contributed by atoms with Crippen LogP contribution in [0.5, 0.6) is 0 Å². The third-order valence-electron chi connectivity index (χ3n) is 8.46. The van der Waals surface area contributed by atoms with E-state index in [0.717, 1.165) is 11.4 Å². The Morgan fingerprint density at radius 3 is 1.84 bits per heavy atom. The Morgan fingerprint density at radius 1 is 0.395 bits per heavy atom. The molecule has 9 rings (SSSR count). The van der Waals surface area contributed by atoms with Crippen molar-refractivity contribution in [1.29, 1.82) is 0 Å². The summed E-state index contributed by atoms with van der Waals surface area (Å²) in [6.45, 7) is 0. The Kier molecular flexibility index (Phi) is 5.62. The Morgan fingerprint density at radius 2 is 1.02 bits per heavy atom. The largest absolute Gasteiger partial charge is 0.310 e. The normalized spacial score (nSPS) is 11.7. The number of rotatable bonds is 4. The first-order valence-corrected chi connectivity index (χ1v) is 16.1. The Labute approximate surface area is 257 Å². The molecule has 0 fully saturated rings. The molecule has 0 aliphatic heterocycles. The minimum Gasteiger partial charge on any atom is -0.310 e. The van der Waals surface area contributed by atoms with Gasteiger partial charge in [0.05, 0.1) is 5.69 Å². The molecule has 1 nitrogen and oxygen atoms in total. The van der Waals surface area contributed by atoms with Gasteiger partial charge in [-0.15, -0.1) is 22.7 Å². The quantitative estimate of drug-likeness (QED) is 0.199. The van der Waals surface area contributed by atoms with E-state index in [1.807, 2.05) is 22.7 Å². The molecule has 9 aromatic rings. The lowest BCUT2D eigenvalue weighted by Crippen LogP contribution is -2.10. The second kappa shape index (κ2) is 9.81. The molecule has 0 saturated carbocycles. The Hall–Kier alpha value is -4.96. The second-order valence-corrected chi connectivity index (χ2v) is 13.1. The van der Waals surface area contributed by atoms with E-state index in [-0.39, 0.29) is 0 Å². The number of hydrogen-bond acceptors (Lipinski definition) is 3. The first-order chi connectivity index (χ1) is 21.3. The molecule has 0 radical (unpaired) electrons. The van der Waals surface area contributed by atoms with E-state index in [0.29, 0.717) is 0 Å². The van der Waals surface area contributed by atoms with Gasteiger partial charge < -0.3 is 4.90 Å². The number of benzene rings is 7. The number of thiophene rings is 2. The highest BCUT2D eigenvalue weighted by Crippen LogP contribution is 2.47. The van der Waals surface area contributed by atoms with Crippen molar-refractivity contribution < 1.29 is 0 Å². The van der Waals surface area contributed by atoms with Gasteiger partial charge in [-0.05, 0) is 59.0 Å². The van der Waals surface area contributed by atoms with E-state index >= 15 is 0 Å². The van der Waals surface area contributed by atoms with Crippen molar-refractivity contribution in [3.63, 3.8) is 0 Å². The van der Waals surface area contributed by atoms with E-state index in [9.17, 15) is 0 Å². The van der Waals surface area contributed by atoms with Gasteiger partial charge in [0.1, 0.15) is 0 Å². The highest BCUT2D eigenvalue weighted by molar-refractivity contribution is 7.27. The first kappa shape index (κ1) is 24.6. The maximum absolute atomic E-state index is 2.45. The Bertz CT molecular complexity index is 2450. The van der Waals surface area contributed by atoms with E-state index in [1.165, 1.54) is 67.9 Å². The lowest BCUT2D eigenvalue weighted by molar-refractivity contribution is 1.31. The van der Waals surface area contributed by atoms with Crippen LogP contribution in [0.15, 0.2) is 152 Å². The van der Waals surface area contributed by atoms with E-state index in [2.05, 4.69) is 157 Å². The van der Waals surface area contributed by atoms with Crippen LogP contribution in [-0.2, 0) is 0 Å². The summed E-state index contributed by atoms with van der Waals surface area (Å²) in [6, 6.07) is 55.4. The van der Waals surface area contributed by atoms with Crippen LogP contribution in [0.1, 0.15) is 0 Å². The molecule has 0 aliphatic carbocycles. The van der Waals surface area contributed by atoms with Gasteiger partial charge in [-0.1, -0.05) is 109 Å². The summed E-state index contributed by atoms with van der Waals surface area (Å²) in [4.78, 5) is 2.45. The van der Waals surface area contributed by atoms with Crippen LogP contribution in [-0.4, -0.2) is 0 Å². The predicted molar refractivity (Wildman–Crippen MR) is 190 cm³/mol. The van der Waals surface area contributed by atoms with Gasteiger partial charge in [0.15, 0.2) is 0 Å². The minimum atomic E-state index is 1.14. The van der Waals surface area contributed by atoms with Gasteiger partial charge in [-0.25, -0.2) is 0 Å². The summed E-state index contributed by atoms with van der Waals surface area (Å²) in [7, 11) is 0. The molecular formula is C40H25NS2. The zero-order valence-electron chi connectivity index (χ0n) is 23.2. The highest BCUT2D eigenvalue weighted by atomic mass is 32.1. The van der Waals surface area contributed by atoms with Crippen molar-refractivity contribution in [1.82, 2.24) is 0 Å². The van der Waals surface area contributed by atoms with Crippen LogP contribution in [0.25, 0.3) is 62.2 Å². The van der Waals surface area contributed by atoms with E-state index in [4.69, 9.17) is 0 Å². The molecule has 0 atom stereocenters. The predicted octanol–water partition coefficient (Wildman–Crippen LogP) is 12.7. The van der Waals surface area contributed by atoms with Crippen molar-refractivity contribution in [3.05, 3.63) is 152 Å². The maximum atomic E-state index is 2.45. The summed E-state index contributed by atoms with van der Waals surface area (Å²) in [5.41, 5.74) is 5.95. The van der Waals surface area contributed by atoms with Crippen LogP contribution >= 0.6 is 22.7 Å². The van der Waals surface area contributed by atoms with Crippen LogP contribution in [0, 0.1) is 0 Å². The molecule has 0 aliphatic rings. The fourth-order valence-electron chi connectivity index (χ4n) is 6.43. The first-order valence-electron chi connectivity index (χ1n) is 14.5. The molecule has 0 unspecified atom stereocenters. The molecule has 43 heavy (non-hydrogen) atoms. The van der Waals surface area contributed by atoms with Crippen molar-refractivity contribution in [2.45, 2.75) is 0 Å². The average Bonchev–Trinajstić information content (AvgIpc) is 3.64. The topological polar surface area (TPSA) is 3.24 Å². The molecule has 202 valence electrons. The number of hydrogen-bond donors (Lipinski definition) is 0. The molecule has 0 saturated heterocycles. The van der Waals surface area contributed by atoms with Crippen LogP contribution in [0.3, 0.4) is 0 Å². The smallest absolute Gasteiger partial charge is 0.0554 e. The van der Waals surface area contributed by atoms with Gasteiger partial charge >= 0.3 is 0 Å². The fourth-order valence-corrected chi connectivity index (χ4v) is 8.84. The van der Waals surface area contributed by atoms with Crippen LogP contribution < -0.4 is 4.90 Å². The molecular weight excluding hydrogens is 559 g/mol. The van der Waals surface area contributed by atoms with Crippen molar-refractivity contribution in [2.24, 2.45) is 0 Å². The standard InChI is InChI=1S/C40H25NS2/c1-2-9-26(10-3-1)27-17-20-29(21-18-27)41(30-22-24-33-31-12-4-6-15-36(31)42-38(33)25-30)35-14-8-11-28-19-23-34-32-13-5-7-16-37(32)43-40(34)39(28)35/h1-25H. The molecule has 7 aromatic carbocycles. The third kappa shape index (κ3) is 3.97. The van der Waals surface area contributed by atoms with Gasteiger partial charge in [0.25, 0.3) is 0 Å². The van der Waals surface area contributed by atoms with Crippen molar-refractivity contribution >= 4 is 90.9 Å². The van der Waals surface area contributed by atoms with Crippen LogP contribution in [0.2, 0.25) is 0 Å². The SMILES string of the molecule is c1ccc(-c2ccc(N(c3ccc4c(c3)sc3ccccc34)c3cccc4ccc5c6ccccc6sc5c34)cc2)cc1. The number of fused-ring (bicyclic) bond motifs is 8. The average molecular weight is 584 g/mol. The lowest BCUT2D eigenvalue weighted by atomic mass is 10.0. The van der Waals surface area contributed by atoms with E-state index in [1.54, 1.807) is 0 Å². The summed E-state index contributed by atoms with van der Waals surface area (Å²) >= 11 is 3.76. The van der Waals surface area contributed by atoms with Crippen molar-refractivity contribution in [3.8, 4) is 11.1 Å². The summed E-state index contributed by atoms with van der Waals surface area (Å²) in [6.07, 6.45) is 0. The molecule has 2 heterocycles. The van der Waals surface area contributed by atoms with E-state index < -0.39 is 0 Å². The third-order valence-corrected chi connectivity index (χ3v) is 10.8. The molecule has 2 aromatic heterocycles. The minimum absolute atomic E-state index is 1.14. The Balaban J connectivity index is 1.31. The van der Waals surface area contributed by atoms with Crippen molar-refractivity contribution in [2.75, 3.05) is 4.90 Å². The molecule has 0 N–H and O–H groups in total. The van der Waals surface area contributed by atoms with Gasteiger partial charge in [-0.2, -0.15) is 0 Å². The summed E-state index contributed by atoms with van der Waals surface area (Å²) in [5.74, 6) is 0. The van der Waals surface area contributed by atoms with Crippen LogP contribution in [0.4, 0.5) is 17.1 Å². The molecule has 3 heteroatoms. The summed E-state index contributed by atoms with van der Waals surface area (Å²) in [5, 5.41) is 7.83. The lowest BCUT2D eigenvalue weighted by Gasteiger charge is -2.27. The van der Waals surface area contributed by atoms with Gasteiger partial charge in [0, 0.05) is 57.1 Å². The number of nitrogens with zero attached hydrogens (tertiary/aromatic N) is 1. The highest BCUT2D eigenvalue weighted by Gasteiger charge is 2.20. The van der Waals surface area contributed by atoms with Gasteiger partial charge in [-0.3, -0.25) is 0 Å². The fraction of sp³-hybridized carbons (Fsp3) is 0. The number of anilines is 3. The monoisotopic (exact) mass is 583 g/mol. The maximum Gasteiger partial charge on any atom is 0.0554 e. The second-order valence-electron chi connectivity index (χ2n) is 10.9. The molecule has 0 spiro atoms. The molecule has 0 bridgehead atoms. The summed E-state index contributed by atoms with van der Waals surface area (Å²) < 4.78 is 5.29. The zero-order chi connectivity index (χ0) is 28.3.